The van der Waals surface area contributed by atoms with Crippen LogP contribution in [0.25, 0.3) is 0 Å². The Bertz CT molecular complexity index is 563. The number of hydrogen-bond donors (Lipinski definition) is 2. The molecule has 6 nitrogen and oxygen atoms in total. The summed E-state index contributed by atoms with van der Waals surface area (Å²) in [5.41, 5.74) is 0.920. The van der Waals surface area contributed by atoms with Crippen LogP contribution in [0, 0.1) is 0 Å². The van der Waals surface area contributed by atoms with Crippen LogP contribution in [0.2, 0.25) is 0 Å². The SMILES string of the molecule is O=C(O)c1ccc(CNS(=O)(=O)N2CCCCC2)cc1. The third-order valence-corrected chi connectivity index (χ3v) is 4.87. The predicted octanol–water partition coefficient (Wildman–Crippen LogP) is 1.21. The number of hydrogen-bond acceptors (Lipinski definition) is 3. The van der Waals surface area contributed by atoms with E-state index in [2.05, 4.69) is 4.72 Å². The number of nitrogens with zero attached hydrogens (tertiary/aromatic N) is 1. The van der Waals surface area contributed by atoms with Gasteiger partial charge in [-0.1, -0.05) is 18.6 Å². The van der Waals surface area contributed by atoms with Crippen molar-refractivity contribution in [1.29, 1.82) is 0 Å². The lowest BCUT2D eigenvalue weighted by molar-refractivity contribution is 0.0697. The second-order valence-electron chi connectivity index (χ2n) is 4.79. The number of carboxylic acids is 1. The molecular weight excluding hydrogens is 280 g/mol. The molecule has 0 atom stereocenters. The molecule has 2 rings (SSSR count). The van der Waals surface area contributed by atoms with E-state index in [1.807, 2.05) is 0 Å². The minimum Gasteiger partial charge on any atom is -0.478 e. The van der Waals surface area contributed by atoms with Gasteiger partial charge >= 0.3 is 5.97 Å². The third-order valence-electron chi connectivity index (χ3n) is 3.31. The van der Waals surface area contributed by atoms with Gasteiger partial charge in [-0.25, -0.2) is 4.79 Å². The first kappa shape index (κ1) is 15.0. The highest BCUT2D eigenvalue weighted by atomic mass is 32.2. The quantitative estimate of drug-likeness (QED) is 0.855. The van der Waals surface area contributed by atoms with Crippen LogP contribution in [0.5, 0.6) is 0 Å². The third kappa shape index (κ3) is 3.78. The van der Waals surface area contributed by atoms with Gasteiger partial charge in [-0.2, -0.15) is 17.4 Å². The summed E-state index contributed by atoms with van der Waals surface area (Å²) in [6.45, 7) is 1.29. The molecule has 0 bridgehead atoms. The summed E-state index contributed by atoms with van der Waals surface area (Å²) in [6.07, 6.45) is 2.87. The van der Waals surface area contributed by atoms with Crippen molar-refractivity contribution in [1.82, 2.24) is 9.03 Å². The van der Waals surface area contributed by atoms with Crippen LogP contribution in [0.4, 0.5) is 0 Å². The first-order valence-electron chi connectivity index (χ1n) is 6.56. The molecule has 1 heterocycles. The molecule has 2 N–H and O–H groups in total. The summed E-state index contributed by atoms with van der Waals surface area (Å²) in [5, 5.41) is 8.79. The Morgan fingerprint density at radius 3 is 2.30 bits per heavy atom. The number of rotatable bonds is 5. The number of nitrogens with one attached hydrogen (secondary N) is 1. The Balaban J connectivity index is 1.95. The first-order chi connectivity index (χ1) is 9.49. The molecule has 0 radical (unpaired) electrons. The van der Waals surface area contributed by atoms with Crippen molar-refractivity contribution in [2.45, 2.75) is 25.8 Å². The van der Waals surface area contributed by atoms with Crippen molar-refractivity contribution in [3.8, 4) is 0 Å². The van der Waals surface area contributed by atoms with Gasteiger partial charge in [0.05, 0.1) is 5.56 Å². The Labute approximate surface area is 118 Å². The summed E-state index contributed by atoms with van der Waals surface area (Å²) < 4.78 is 28.1. The summed E-state index contributed by atoms with van der Waals surface area (Å²) in [7, 11) is -3.44. The van der Waals surface area contributed by atoms with Gasteiger partial charge in [0.2, 0.25) is 0 Å². The molecule has 1 saturated heterocycles. The number of aromatic carboxylic acids is 1. The van der Waals surface area contributed by atoms with E-state index in [0.717, 1.165) is 24.8 Å². The van der Waals surface area contributed by atoms with Gasteiger partial charge in [-0.3, -0.25) is 0 Å². The van der Waals surface area contributed by atoms with Gasteiger partial charge in [-0.15, -0.1) is 0 Å². The van der Waals surface area contributed by atoms with Crippen molar-refractivity contribution in [2.24, 2.45) is 0 Å². The van der Waals surface area contributed by atoms with E-state index < -0.39 is 16.2 Å². The summed E-state index contributed by atoms with van der Waals surface area (Å²) in [5.74, 6) is -0.995. The number of benzene rings is 1. The van der Waals surface area contributed by atoms with E-state index >= 15 is 0 Å². The molecule has 1 aliphatic heterocycles. The van der Waals surface area contributed by atoms with Crippen LogP contribution in [0.1, 0.15) is 35.2 Å². The Kier molecular flexibility index (Phi) is 4.74. The fourth-order valence-corrected chi connectivity index (χ4v) is 3.41. The Morgan fingerprint density at radius 1 is 1.15 bits per heavy atom. The van der Waals surface area contributed by atoms with Gasteiger partial charge in [0, 0.05) is 19.6 Å². The molecule has 0 amide bonds. The van der Waals surface area contributed by atoms with E-state index in [4.69, 9.17) is 5.11 Å². The molecule has 1 aliphatic rings. The molecule has 1 fully saturated rings. The van der Waals surface area contributed by atoms with E-state index in [9.17, 15) is 13.2 Å². The predicted molar refractivity (Wildman–Crippen MR) is 74.6 cm³/mol. The molecule has 0 aromatic heterocycles. The van der Waals surface area contributed by atoms with Crippen molar-refractivity contribution >= 4 is 16.2 Å². The van der Waals surface area contributed by atoms with Crippen molar-refractivity contribution in [3.63, 3.8) is 0 Å². The zero-order chi connectivity index (χ0) is 14.6. The molecular formula is C13H18N2O4S. The largest absolute Gasteiger partial charge is 0.478 e. The van der Waals surface area contributed by atoms with E-state index in [-0.39, 0.29) is 12.1 Å². The van der Waals surface area contributed by atoms with Crippen LogP contribution in [0.15, 0.2) is 24.3 Å². The minimum atomic E-state index is -3.44. The van der Waals surface area contributed by atoms with Gasteiger partial charge in [-0.05, 0) is 30.5 Å². The minimum absolute atomic E-state index is 0.165. The zero-order valence-electron chi connectivity index (χ0n) is 11.1. The molecule has 0 saturated carbocycles. The number of carbonyl (C=O) groups is 1. The lowest BCUT2D eigenvalue weighted by atomic mass is 10.1. The van der Waals surface area contributed by atoms with E-state index in [1.165, 1.54) is 16.4 Å². The molecule has 110 valence electrons. The standard InChI is InChI=1S/C13H18N2O4S/c16-13(17)12-6-4-11(5-7-12)10-14-20(18,19)15-8-2-1-3-9-15/h4-7,14H,1-3,8-10H2,(H,16,17). The molecule has 20 heavy (non-hydrogen) atoms. The first-order valence-corrected chi connectivity index (χ1v) is 8.00. The van der Waals surface area contributed by atoms with Crippen LogP contribution < -0.4 is 4.72 Å². The average Bonchev–Trinajstić information content (AvgIpc) is 2.46. The molecule has 1 aromatic rings. The molecule has 1 aromatic carbocycles. The zero-order valence-corrected chi connectivity index (χ0v) is 11.9. The topological polar surface area (TPSA) is 86.7 Å². The highest BCUT2D eigenvalue weighted by Gasteiger charge is 2.23. The van der Waals surface area contributed by atoms with Gasteiger partial charge in [0.1, 0.15) is 0 Å². The van der Waals surface area contributed by atoms with Crippen molar-refractivity contribution in [3.05, 3.63) is 35.4 Å². The van der Waals surface area contributed by atoms with Crippen molar-refractivity contribution < 1.29 is 18.3 Å². The van der Waals surface area contributed by atoms with Gasteiger partial charge < -0.3 is 5.11 Å². The highest BCUT2D eigenvalue weighted by Crippen LogP contribution is 2.12. The summed E-state index contributed by atoms with van der Waals surface area (Å²) in [4.78, 5) is 10.7. The molecule has 0 unspecified atom stereocenters. The number of carboxylic acid groups (broad SMARTS) is 1. The molecule has 0 spiro atoms. The van der Waals surface area contributed by atoms with Gasteiger partial charge in [0.25, 0.3) is 10.2 Å². The van der Waals surface area contributed by atoms with Crippen LogP contribution in [-0.4, -0.2) is 36.9 Å². The summed E-state index contributed by atoms with van der Waals surface area (Å²) >= 11 is 0. The van der Waals surface area contributed by atoms with Crippen LogP contribution in [0.3, 0.4) is 0 Å². The lowest BCUT2D eigenvalue weighted by Crippen LogP contribution is -2.43. The highest BCUT2D eigenvalue weighted by molar-refractivity contribution is 7.87. The maximum atomic E-state index is 12.1. The van der Waals surface area contributed by atoms with E-state index in [1.54, 1.807) is 12.1 Å². The maximum absolute atomic E-state index is 12.1. The Morgan fingerprint density at radius 2 is 1.75 bits per heavy atom. The fourth-order valence-electron chi connectivity index (χ4n) is 2.14. The normalized spacial score (nSPS) is 17.0. The monoisotopic (exact) mass is 298 g/mol. The second kappa shape index (κ2) is 6.34. The summed E-state index contributed by atoms with van der Waals surface area (Å²) in [6, 6.07) is 6.16. The van der Waals surface area contributed by atoms with Crippen LogP contribution in [-0.2, 0) is 16.8 Å². The Hall–Kier alpha value is -1.44. The second-order valence-corrected chi connectivity index (χ2v) is 6.54. The lowest BCUT2D eigenvalue weighted by Gasteiger charge is -2.25. The maximum Gasteiger partial charge on any atom is 0.335 e. The average molecular weight is 298 g/mol. The number of piperidine rings is 1. The molecule has 7 heteroatoms. The van der Waals surface area contributed by atoms with Crippen molar-refractivity contribution in [2.75, 3.05) is 13.1 Å². The van der Waals surface area contributed by atoms with Gasteiger partial charge in [0.15, 0.2) is 0 Å². The molecule has 0 aliphatic carbocycles. The fraction of sp³-hybridized carbons (Fsp3) is 0.462. The smallest absolute Gasteiger partial charge is 0.335 e. The van der Waals surface area contributed by atoms with Crippen LogP contribution >= 0.6 is 0 Å². The van der Waals surface area contributed by atoms with E-state index in [0.29, 0.717) is 13.1 Å².